The maximum atomic E-state index is 14.2. The van der Waals surface area contributed by atoms with E-state index in [9.17, 15) is 24.6 Å². The van der Waals surface area contributed by atoms with Crippen LogP contribution in [0.2, 0.25) is 0 Å². The van der Waals surface area contributed by atoms with Gasteiger partial charge in [0.25, 0.3) is 5.91 Å². The number of aliphatic hydroxyl groups is 3. The van der Waals surface area contributed by atoms with Crippen LogP contribution in [-0.2, 0) is 16.1 Å². The summed E-state index contributed by atoms with van der Waals surface area (Å²) in [6.07, 6.45) is 1.05. The molecule has 1 heterocycles. The molecule has 0 unspecified atom stereocenters. The lowest BCUT2D eigenvalue weighted by Gasteiger charge is -2.62. The van der Waals surface area contributed by atoms with Gasteiger partial charge in [-0.2, -0.15) is 0 Å². The first-order valence-corrected chi connectivity index (χ1v) is 19.2. The Kier molecular flexibility index (Phi) is 12.8. The number of methoxy groups -OCH3 is 1. The first-order chi connectivity index (χ1) is 25.1. The number of carbonyl (C=O) groups excluding carboxylic acids is 3. The summed E-state index contributed by atoms with van der Waals surface area (Å²) in [4.78, 5) is 46.4. The molecular weight excluding hydrogens is 674 g/mol. The Morgan fingerprint density at radius 2 is 1.79 bits per heavy atom. The molecule has 2 aromatic carbocycles. The largest absolute Gasteiger partial charge is 0.496 e. The summed E-state index contributed by atoms with van der Waals surface area (Å²) < 4.78 is 6.04. The van der Waals surface area contributed by atoms with Crippen molar-refractivity contribution in [2.45, 2.75) is 91.6 Å². The Balaban J connectivity index is 1.39. The molecule has 8 atom stereocenters. The van der Waals surface area contributed by atoms with Crippen LogP contribution in [-0.4, -0.2) is 103 Å². The van der Waals surface area contributed by atoms with Crippen LogP contribution in [0.25, 0.3) is 11.1 Å². The second-order valence-electron chi connectivity index (χ2n) is 16.7. The predicted octanol–water partition coefficient (Wildman–Crippen LogP) is 3.49. The van der Waals surface area contributed by atoms with Crippen molar-refractivity contribution >= 4 is 23.4 Å². The molecule has 6 rings (SSSR count). The Morgan fingerprint density at radius 1 is 1.08 bits per heavy atom. The van der Waals surface area contributed by atoms with Crippen LogP contribution in [0.1, 0.15) is 76.7 Å². The molecule has 53 heavy (non-hydrogen) atoms. The van der Waals surface area contributed by atoms with E-state index in [-0.39, 0.29) is 54.8 Å². The normalized spacial score (nSPS) is 26.8. The fraction of sp³-hybridized carbons (Fsp3) is 0.634. The Bertz CT molecular complexity index is 1630. The molecule has 12 nitrogen and oxygen atoms in total. The van der Waals surface area contributed by atoms with Gasteiger partial charge in [0.2, 0.25) is 17.9 Å². The molecule has 2 aromatic rings. The Morgan fingerprint density at radius 3 is 2.40 bits per heavy atom. The molecule has 4 aliphatic rings. The van der Waals surface area contributed by atoms with Crippen LogP contribution in [0.3, 0.4) is 0 Å². The lowest BCUT2D eigenvalue weighted by molar-refractivity contribution is -0.303. The summed E-state index contributed by atoms with van der Waals surface area (Å²) in [5.41, 5.74) is 3.85. The number of fused-ring (bicyclic) bond motifs is 2. The van der Waals surface area contributed by atoms with E-state index in [0.29, 0.717) is 42.0 Å². The number of ether oxygens (including phenoxy) is 1. The average Bonchev–Trinajstić information content (AvgIpc) is 3.48. The molecule has 6 N–H and O–H groups in total. The van der Waals surface area contributed by atoms with Gasteiger partial charge in [0, 0.05) is 62.0 Å². The number of para-hydroxylation sites is 1. The summed E-state index contributed by atoms with van der Waals surface area (Å²) in [6.45, 7) is 13.1. The molecule has 4 fully saturated rings. The van der Waals surface area contributed by atoms with Crippen molar-refractivity contribution in [3.05, 3.63) is 47.5 Å². The molecule has 0 spiro atoms. The van der Waals surface area contributed by atoms with Gasteiger partial charge in [-0.25, -0.2) is 0 Å². The number of hydrogen-bond donors (Lipinski definition) is 5. The fourth-order valence-electron chi connectivity index (χ4n) is 8.98. The molecule has 3 aliphatic carbocycles. The minimum absolute atomic E-state index is 0.0423. The summed E-state index contributed by atoms with van der Waals surface area (Å²) >= 11 is 0. The van der Waals surface area contributed by atoms with Gasteiger partial charge < -0.3 is 40.6 Å². The van der Waals surface area contributed by atoms with E-state index in [1.54, 1.807) is 19.1 Å². The van der Waals surface area contributed by atoms with Gasteiger partial charge in [-0.1, -0.05) is 57.9 Å². The van der Waals surface area contributed by atoms with Crippen molar-refractivity contribution in [1.82, 2.24) is 21.0 Å². The monoisotopic (exact) mass is 736 g/mol. The van der Waals surface area contributed by atoms with Crippen LogP contribution < -0.4 is 25.6 Å². The van der Waals surface area contributed by atoms with Crippen molar-refractivity contribution in [3.8, 4) is 16.9 Å². The lowest BCUT2D eigenvalue weighted by Crippen LogP contribution is -2.62. The van der Waals surface area contributed by atoms with E-state index < -0.39 is 24.2 Å². The lowest BCUT2D eigenvalue weighted by atomic mass is 9.45. The van der Waals surface area contributed by atoms with Crippen LogP contribution in [0.4, 0.5) is 5.69 Å². The minimum atomic E-state index is -0.879. The van der Waals surface area contributed by atoms with Crippen molar-refractivity contribution in [1.29, 1.82) is 0 Å². The SMILES string of the molecule is COc1c(CN2[OH+][C@@H](CO)[C@@H]([C@H](C)O)[C@H]2C(=O)N[C@H]2C[C@H]3C[C@@H]([C@@H]2C)C3(C)C)cccc1-c1cc(C(=O)NCCNC(=O)CC(C)C)cc(N(C)C)c1. The number of nitrogens with zero attached hydrogens (tertiary/aromatic N) is 2. The molecule has 2 bridgehead atoms. The van der Waals surface area contributed by atoms with E-state index in [2.05, 4.69) is 36.7 Å². The fourth-order valence-corrected chi connectivity index (χ4v) is 8.98. The topological polar surface area (TPSA) is 156 Å². The quantitative estimate of drug-likeness (QED) is 0.138. The molecule has 3 amide bonds. The summed E-state index contributed by atoms with van der Waals surface area (Å²) in [6, 6.07) is 10.6. The number of rotatable bonds is 15. The van der Waals surface area contributed by atoms with Crippen LogP contribution in [0.5, 0.6) is 5.75 Å². The third kappa shape index (κ3) is 8.66. The third-order valence-electron chi connectivity index (χ3n) is 12.1. The second kappa shape index (κ2) is 16.8. The van der Waals surface area contributed by atoms with Crippen molar-refractivity contribution < 1.29 is 34.2 Å². The zero-order valence-electron chi connectivity index (χ0n) is 33.0. The number of nitrogens with one attached hydrogen (secondary N) is 3. The van der Waals surface area contributed by atoms with Gasteiger partial charge in [0.15, 0.2) is 6.04 Å². The maximum absolute atomic E-state index is 14.2. The highest BCUT2D eigenvalue weighted by Crippen LogP contribution is 2.61. The first kappa shape index (κ1) is 40.5. The van der Waals surface area contributed by atoms with Crippen LogP contribution in [0.15, 0.2) is 36.4 Å². The van der Waals surface area contributed by atoms with Crippen molar-refractivity contribution in [2.24, 2.45) is 35.0 Å². The Labute approximate surface area is 314 Å². The number of aliphatic hydroxyl groups excluding tert-OH is 2. The van der Waals surface area contributed by atoms with Crippen molar-refractivity contribution in [3.63, 3.8) is 0 Å². The van der Waals surface area contributed by atoms with Crippen LogP contribution in [0, 0.1) is 35.0 Å². The number of benzene rings is 2. The van der Waals surface area contributed by atoms with E-state index in [1.165, 1.54) is 6.42 Å². The predicted molar refractivity (Wildman–Crippen MR) is 206 cm³/mol. The van der Waals surface area contributed by atoms with Crippen LogP contribution >= 0.6 is 0 Å². The van der Waals surface area contributed by atoms with Gasteiger partial charge in [-0.3, -0.25) is 14.4 Å². The minimum Gasteiger partial charge on any atom is -0.496 e. The first-order valence-electron chi connectivity index (χ1n) is 19.2. The number of carbonyl (C=O) groups is 3. The average molecular weight is 737 g/mol. The van der Waals surface area contributed by atoms with Gasteiger partial charge in [-0.15, -0.1) is 0 Å². The molecule has 0 aromatic heterocycles. The molecule has 3 saturated carbocycles. The Hall–Kier alpha value is -3.71. The van der Waals surface area contributed by atoms with E-state index in [0.717, 1.165) is 28.8 Å². The smallest absolute Gasteiger partial charge is 0.251 e. The molecule has 292 valence electrons. The molecule has 1 saturated heterocycles. The highest BCUT2D eigenvalue weighted by molar-refractivity contribution is 5.97. The summed E-state index contributed by atoms with van der Waals surface area (Å²) in [5, 5.41) is 32.1. The highest BCUT2D eigenvalue weighted by atomic mass is 16.7. The zero-order valence-corrected chi connectivity index (χ0v) is 33.0. The van der Waals surface area contributed by atoms with Crippen molar-refractivity contribution in [2.75, 3.05) is 45.8 Å². The maximum Gasteiger partial charge on any atom is 0.251 e. The van der Waals surface area contributed by atoms with Gasteiger partial charge >= 0.3 is 0 Å². The standard InChI is InChI=1S/C41H61N5O7/c1-23(2)15-35(49)42-13-14-43-39(50)28-16-27(17-30(18-28)45(7)8)31-12-10-11-26(38(31)52-9)21-46-37(36(25(4)48)34(22-47)53-46)40(51)44-33-20-29-19-32(24(33)3)41(29,5)6/h10-12,16-18,23-25,29,32-34,36-37,47-48H,13-15,19-22H2,1-9H3,(H,42,49)(H,43,50)(H,44,51)/p+1/t24-,25-,29+,32-,33-,34-,36+,37-/m0/s1. The summed E-state index contributed by atoms with van der Waals surface area (Å²) in [7, 11) is 5.41. The third-order valence-corrected chi connectivity index (χ3v) is 12.1. The van der Waals surface area contributed by atoms with Gasteiger partial charge in [0.1, 0.15) is 12.4 Å². The van der Waals surface area contributed by atoms with Gasteiger partial charge in [-0.05, 0) is 72.6 Å². The number of hydroxylamine groups is 2. The summed E-state index contributed by atoms with van der Waals surface area (Å²) in [5.74, 6) is 1.20. The second-order valence-corrected chi connectivity index (χ2v) is 16.7. The number of hydrogen-bond acceptors (Lipinski definition) is 8. The molecule has 12 heteroatoms. The van der Waals surface area contributed by atoms with E-state index in [1.807, 2.05) is 69.2 Å². The molecule has 1 aliphatic heterocycles. The molecular formula is C41H62N5O7+. The number of amides is 3. The van der Waals surface area contributed by atoms with Gasteiger partial charge in [0.05, 0.1) is 25.7 Å². The zero-order chi connectivity index (χ0) is 38.8. The number of anilines is 1. The highest BCUT2D eigenvalue weighted by Gasteiger charge is 2.58. The van der Waals surface area contributed by atoms with E-state index in [4.69, 9.17) is 9.57 Å². The molecule has 0 radical (unpaired) electrons. The van der Waals surface area contributed by atoms with E-state index >= 15 is 0 Å².